The van der Waals surface area contributed by atoms with Gasteiger partial charge in [-0.1, -0.05) is 12.1 Å². The number of hydrogen-bond acceptors (Lipinski definition) is 1. The molecule has 1 aromatic carbocycles. The molecule has 0 aliphatic carbocycles. The molecule has 1 N–H and O–H groups in total. The van der Waals surface area contributed by atoms with Gasteiger partial charge < -0.3 is 5.11 Å². The van der Waals surface area contributed by atoms with Crippen LogP contribution in [0.5, 0.6) is 0 Å². The zero-order valence-corrected chi connectivity index (χ0v) is 5.76. The van der Waals surface area contributed by atoms with Gasteiger partial charge in [-0.05, 0) is 24.1 Å². The molecule has 2 heteroatoms. The van der Waals surface area contributed by atoms with Crippen LogP contribution in [-0.2, 0) is 6.61 Å². The minimum atomic E-state index is -0.225. The van der Waals surface area contributed by atoms with Crippen molar-refractivity contribution in [1.29, 1.82) is 0 Å². The molecule has 0 fully saturated rings. The Balaban J connectivity index is 0.000001000. The highest BCUT2D eigenvalue weighted by atomic mass is 19.1. The highest BCUT2D eigenvalue weighted by Gasteiger charge is 1.96. The normalized spacial score (nSPS) is 9.90. The summed E-state index contributed by atoms with van der Waals surface area (Å²) in [5, 5.41) is 8.63. The number of hydrogen-bond donors (Lipinski definition) is 1. The molecule has 1 aromatic rings. The van der Waals surface area contributed by atoms with Gasteiger partial charge in [0.15, 0.2) is 0 Å². The van der Waals surface area contributed by atoms with Crippen LogP contribution < -0.4 is 0 Å². The van der Waals surface area contributed by atoms with Gasteiger partial charge in [0.05, 0.1) is 6.61 Å². The van der Waals surface area contributed by atoms with Crippen LogP contribution in [0, 0.1) is 12.7 Å². The SMILES string of the molecule is Cc1cc(CO)ccc1F.[HH]. The third-order valence-electron chi connectivity index (χ3n) is 1.40. The molecule has 0 aromatic heterocycles. The molecule has 0 saturated carbocycles. The number of aliphatic hydroxyl groups is 1. The Hall–Kier alpha value is -0.890. The van der Waals surface area contributed by atoms with Gasteiger partial charge in [0.2, 0.25) is 0 Å². The average Bonchev–Trinajstić information content (AvgIpc) is 1.95. The first kappa shape index (κ1) is 7.22. The molecule has 0 bridgehead atoms. The van der Waals surface area contributed by atoms with Crippen molar-refractivity contribution in [2.75, 3.05) is 0 Å². The van der Waals surface area contributed by atoms with Crippen LogP contribution in [0.1, 0.15) is 12.6 Å². The number of halogens is 1. The molecule has 0 saturated heterocycles. The topological polar surface area (TPSA) is 20.2 Å². The van der Waals surface area contributed by atoms with Gasteiger partial charge in [-0.15, -0.1) is 0 Å². The number of benzene rings is 1. The Morgan fingerprint density at radius 1 is 1.60 bits per heavy atom. The number of aliphatic hydroxyl groups excluding tert-OH is 1. The van der Waals surface area contributed by atoms with E-state index in [9.17, 15) is 4.39 Å². The minimum Gasteiger partial charge on any atom is -0.392 e. The lowest BCUT2D eigenvalue weighted by molar-refractivity contribution is 0.281. The smallest absolute Gasteiger partial charge is 0.126 e. The molecule has 0 unspecified atom stereocenters. The summed E-state index contributed by atoms with van der Waals surface area (Å²) in [6.45, 7) is 1.65. The predicted octanol–water partition coefficient (Wildman–Crippen LogP) is 1.87. The zero-order valence-electron chi connectivity index (χ0n) is 5.76. The van der Waals surface area contributed by atoms with Crippen LogP contribution in [-0.4, -0.2) is 5.11 Å². The first-order chi connectivity index (χ1) is 4.74. The minimum absolute atomic E-state index is 0. The Morgan fingerprint density at radius 2 is 2.30 bits per heavy atom. The second kappa shape index (κ2) is 2.80. The third-order valence-corrected chi connectivity index (χ3v) is 1.40. The largest absolute Gasteiger partial charge is 0.392 e. The summed E-state index contributed by atoms with van der Waals surface area (Å²) in [6.07, 6.45) is 0. The maximum atomic E-state index is 12.6. The summed E-state index contributed by atoms with van der Waals surface area (Å²) in [4.78, 5) is 0. The summed E-state index contributed by atoms with van der Waals surface area (Å²) < 4.78 is 12.6. The molecular weight excluding hydrogens is 131 g/mol. The molecule has 0 heterocycles. The van der Waals surface area contributed by atoms with Crippen molar-refractivity contribution in [3.8, 4) is 0 Å². The molecule has 0 aliphatic rings. The van der Waals surface area contributed by atoms with Crippen LogP contribution >= 0.6 is 0 Å². The van der Waals surface area contributed by atoms with E-state index in [0.29, 0.717) is 5.56 Å². The Morgan fingerprint density at radius 3 is 2.80 bits per heavy atom. The van der Waals surface area contributed by atoms with Crippen LogP contribution in [0.2, 0.25) is 0 Å². The van der Waals surface area contributed by atoms with Crippen LogP contribution in [0.15, 0.2) is 18.2 Å². The van der Waals surface area contributed by atoms with Gasteiger partial charge >= 0.3 is 0 Å². The van der Waals surface area contributed by atoms with Gasteiger partial charge in [0.25, 0.3) is 0 Å². The molecule has 56 valence electrons. The molecular formula is C8H11FO. The van der Waals surface area contributed by atoms with E-state index in [-0.39, 0.29) is 13.9 Å². The predicted molar refractivity (Wildman–Crippen MR) is 39.2 cm³/mol. The number of aryl methyl sites for hydroxylation is 1. The van der Waals surface area contributed by atoms with E-state index in [1.807, 2.05) is 0 Å². The monoisotopic (exact) mass is 142 g/mol. The number of rotatable bonds is 1. The molecule has 10 heavy (non-hydrogen) atoms. The van der Waals surface area contributed by atoms with Crippen molar-refractivity contribution in [1.82, 2.24) is 0 Å². The van der Waals surface area contributed by atoms with Crippen molar-refractivity contribution < 1.29 is 10.9 Å². The van der Waals surface area contributed by atoms with Gasteiger partial charge in [-0.25, -0.2) is 4.39 Å². The van der Waals surface area contributed by atoms with Crippen molar-refractivity contribution in [3.63, 3.8) is 0 Å². The lowest BCUT2D eigenvalue weighted by Crippen LogP contribution is -1.86. The second-order valence-electron chi connectivity index (χ2n) is 2.24. The molecule has 0 amide bonds. The molecule has 0 radical (unpaired) electrons. The summed E-state index contributed by atoms with van der Waals surface area (Å²) in [6, 6.07) is 4.57. The molecule has 1 nitrogen and oxygen atoms in total. The molecule has 0 aliphatic heterocycles. The lowest BCUT2D eigenvalue weighted by Gasteiger charge is -1.97. The lowest BCUT2D eigenvalue weighted by atomic mass is 10.1. The van der Waals surface area contributed by atoms with Gasteiger partial charge in [-0.2, -0.15) is 0 Å². The summed E-state index contributed by atoms with van der Waals surface area (Å²) in [5.74, 6) is -0.225. The fourth-order valence-electron chi connectivity index (χ4n) is 0.805. The Kier molecular flexibility index (Phi) is 2.02. The fourth-order valence-corrected chi connectivity index (χ4v) is 0.805. The summed E-state index contributed by atoms with van der Waals surface area (Å²) >= 11 is 0. The first-order valence-electron chi connectivity index (χ1n) is 3.10. The van der Waals surface area contributed by atoms with Crippen molar-refractivity contribution in [3.05, 3.63) is 35.1 Å². The molecule has 1 rings (SSSR count). The highest BCUT2D eigenvalue weighted by Crippen LogP contribution is 2.08. The van der Waals surface area contributed by atoms with E-state index < -0.39 is 0 Å². The van der Waals surface area contributed by atoms with Gasteiger partial charge in [-0.3, -0.25) is 0 Å². The van der Waals surface area contributed by atoms with Crippen LogP contribution in [0.3, 0.4) is 0 Å². The summed E-state index contributed by atoms with van der Waals surface area (Å²) in [7, 11) is 0. The Labute approximate surface area is 60.6 Å². The maximum Gasteiger partial charge on any atom is 0.126 e. The second-order valence-corrected chi connectivity index (χ2v) is 2.24. The van der Waals surface area contributed by atoms with Gasteiger partial charge in [0, 0.05) is 1.43 Å². The summed E-state index contributed by atoms with van der Waals surface area (Å²) in [5.41, 5.74) is 1.32. The van der Waals surface area contributed by atoms with E-state index in [1.54, 1.807) is 19.1 Å². The van der Waals surface area contributed by atoms with Gasteiger partial charge in [0.1, 0.15) is 5.82 Å². The zero-order chi connectivity index (χ0) is 7.56. The third kappa shape index (κ3) is 1.33. The first-order valence-corrected chi connectivity index (χ1v) is 3.10. The van der Waals surface area contributed by atoms with Crippen molar-refractivity contribution in [2.24, 2.45) is 0 Å². The van der Waals surface area contributed by atoms with Crippen molar-refractivity contribution >= 4 is 0 Å². The van der Waals surface area contributed by atoms with E-state index in [0.717, 1.165) is 5.56 Å². The Bertz CT molecular complexity index is 238. The molecule has 0 atom stereocenters. The molecule has 0 spiro atoms. The average molecular weight is 142 g/mol. The highest BCUT2D eigenvalue weighted by molar-refractivity contribution is 5.23. The fraction of sp³-hybridized carbons (Fsp3) is 0.250. The van der Waals surface area contributed by atoms with E-state index in [2.05, 4.69) is 0 Å². The van der Waals surface area contributed by atoms with E-state index >= 15 is 0 Å². The maximum absolute atomic E-state index is 12.6. The quantitative estimate of drug-likeness (QED) is 0.634. The van der Waals surface area contributed by atoms with Crippen LogP contribution in [0.4, 0.5) is 4.39 Å². The van der Waals surface area contributed by atoms with E-state index in [4.69, 9.17) is 5.11 Å². The standard InChI is InChI=1S/C8H9FO.H2/c1-6-4-7(5-10)2-3-8(6)9;/h2-4,10H,5H2,1H3;1H. The van der Waals surface area contributed by atoms with Crippen LogP contribution in [0.25, 0.3) is 0 Å². The van der Waals surface area contributed by atoms with E-state index in [1.165, 1.54) is 6.07 Å². The van der Waals surface area contributed by atoms with Crippen molar-refractivity contribution in [2.45, 2.75) is 13.5 Å².